The van der Waals surface area contributed by atoms with E-state index in [1.165, 1.54) is 12.1 Å². The van der Waals surface area contributed by atoms with Crippen molar-refractivity contribution in [3.05, 3.63) is 47.8 Å². The molecule has 0 aliphatic carbocycles. The molecule has 0 fully saturated rings. The number of anilines is 1. The molecule has 0 aliphatic heterocycles. The van der Waals surface area contributed by atoms with E-state index in [0.717, 1.165) is 12.3 Å². The highest BCUT2D eigenvalue weighted by atomic mass is 32.2. The van der Waals surface area contributed by atoms with Crippen molar-refractivity contribution in [3.63, 3.8) is 0 Å². The maximum Gasteiger partial charge on any atom is 0.175 e. The van der Waals surface area contributed by atoms with Gasteiger partial charge in [0.25, 0.3) is 0 Å². The molecule has 0 radical (unpaired) electrons. The van der Waals surface area contributed by atoms with Crippen LogP contribution in [-0.4, -0.2) is 24.6 Å². The highest BCUT2D eigenvalue weighted by molar-refractivity contribution is 7.90. The van der Waals surface area contributed by atoms with Gasteiger partial charge in [0.05, 0.1) is 22.8 Å². The van der Waals surface area contributed by atoms with Crippen molar-refractivity contribution in [1.82, 2.24) is 9.97 Å². The Kier molecular flexibility index (Phi) is 3.99. The van der Waals surface area contributed by atoms with E-state index >= 15 is 0 Å². The van der Waals surface area contributed by atoms with Crippen molar-refractivity contribution in [2.75, 3.05) is 11.6 Å². The summed E-state index contributed by atoms with van der Waals surface area (Å²) in [7, 11) is -3.36. The van der Waals surface area contributed by atoms with Gasteiger partial charge in [-0.25, -0.2) is 22.8 Å². The first-order valence-electron chi connectivity index (χ1n) is 5.88. The second-order valence-corrected chi connectivity index (χ2v) is 6.38. The zero-order valence-electron chi connectivity index (χ0n) is 11.1. The van der Waals surface area contributed by atoms with Crippen molar-refractivity contribution < 1.29 is 12.8 Å². The molecule has 0 spiro atoms. The first kappa shape index (κ1) is 14.4. The lowest BCUT2D eigenvalue weighted by Crippen LogP contribution is -2.06. The molecular formula is C13H14FN3O2S. The van der Waals surface area contributed by atoms with Gasteiger partial charge >= 0.3 is 0 Å². The highest BCUT2D eigenvalue weighted by Gasteiger charge is 2.11. The third-order valence-electron chi connectivity index (χ3n) is 2.66. The summed E-state index contributed by atoms with van der Waals surface area (Å²) in [5.74, 6) is 0.109. The predicted octanol–water partition coefficient (Wildman–Crippen LogP) is 1.94. The topological polar surface area (TPSA) is 72.0 Å². The molecule has 1 heterocycles. The summed E-state index contributed by atoms with van der Waals surface area (Å²) in [5, 5.41) is 2.84. The fourth-order valence-electron chi connectivity index (χ4n) is 1.66. The minimum atomic E-state index is -3.36. The minimum Gasteiger partial charge on any atom is -0.377 e. The van der Waals surface area contributed by atoms with Crippen molar-refractivity contribution in [2.45, 2.75) is 18.4 Å². The van der Waals surface area contributed by atoms with Crippen molar-refractivity contribution in [3.8, 4) is 0 Å². The summed E-state index contributed by atoms with van der Waals surface area (Å²) < 4.78 is 36.5. The smallest absolute Gasteiger partial charge is 0.175 e. The molecule has 5 nitrogen and oxygen atoms in total. The Morgan fingerprint density at radius 1 is 1.30 bits per heavy atom. The van der Waals surface area contributed by atoms with Crippen LogP contribution in [0.3, 0.4) is 0 Å². The Morgan fingerprint density at radius 2 is 2.05 bits per heavy atom. The number of aryl methyl sites for hydroxylation is 1. The summed E-state index contributed by atoms with van der Waals surface area (Å²) >= 11 is 0. The van der Waals surface area contributed by atoms with E-state index in [4.69, 9.17) is 0 Å². The number of nitrogens with one attached hydrogen (secondary N) is 1. The molecule has 0 atom stereocenters. The van der Waals surface area contributed by atoms with Crippen LogP contribution in [0.25, 0.3) is 0 Å². The molecule has 1 N–H and O–H groups in total. The second kappa shape index (κ2) is 5.54. The standard InChI is InChI=1S/C13H14FN3O2S/c1-9-15-6-5-10(17-9)8-16-13-7-11(20(2,18)19)3-4-12(13)14/h3-7,16H,8H2,1-2H3. The van der Waals surface area contributed by atoms with Gasteiger partial charge in [0.2, 0.25) is 0 Å². The van der Waals surface area contributed by atoms with Gasteiger partial charge in [-0.3, -0.25) is 0 Å². The summed E-state index contributed by atoms with van der Waals surface area (Å²) in [4.78, 5) is 8.21. The Bertz CT molecular complexity index is 732. The summed E-state index contributed by atoms with van der Waals surface area (Å²) in [5.41, 5.74) is 0.825. The third kappa shape index (κ3) is 3.51. The zero-order chi connectivity index (χ0) is 14.8. The van der Waals surface area contributed by atoms with Crippen LogP contribution in [0.5, 0.6) is 0 Å². The van der Waals surface area contributed by atoms with Crippen LogP contribution < -0.4 is 5.32 Å². The van der Waals surface area contributed by atoms with Crippen LogP contribution in [0.15, 0.2) is 35.4 Å². The number of rotatable bonds is 4. The van der Waals surface area contributed by atoms with E-state index in [0.29, 0.717) is 11.5 Å². The quantitative estimate of drug-likeness (QED) is 0.873. The van der Waals surface area contributed by atoms with E-state index in [2.05, 4.69) is 15.3 Å². The normalized spacial score (nSPS) is 11.3. The van der Waals surface area contributed by atoms with E-state index in [1.807, 2.05) is 0 Å². The van der Waals surface area contributed by atoms with Crippen LogP contribution in [0.2, 0.25) is 0 Å². The van der Waals surface area contributed by atoms with Gasteiger partial charge in [-0.1, -0.05) is 0 Å². The Hall–Kier alpha value is -2.02. The van der Waals surface area contributed by atoms with Gasteiger partial charge in [0, 0.05) is 12.5 Å². The lowest BCUT2D eigenvalue weighted by atomic mass is 10.3. The third-order valence-corrected chi connectivity index (χ3v) is 3.77. The van der Waals surface area contributed by atoms with Crippen molar-refractivity contribution in [1.29, 1.82) is 0 Å². The van der Waals surface area contributed by atoms with Gasteiger partial charge in [0.15, 0.2) is 9.84 Å². The van der Waals surface area contributed by atoms with E-state index in [9.17, 15) is 12.8 Å². The fourth-order valence-corrected chi connectivity index (χ4v) is 2.31. The van der Waals surface area contributed by atoms with Crippen LogP contribution in [-0.2, 0) is 16.4 Å². The number of aromatic nitrogens is 2. The molecule has 7 heteroatoms. The largest absolute Gasteiger partial charge is 0.377 e. The first-order valence-corrected chi connectivity index (χ1v) is 7.77. The summed E-state index contributed by atoms with van der Waals surface area (Å²) in [6, 6.07) is 5.35. The molecule has 0 saturated carbocycles. The lowest BCUT2D eigenvalue weighted by Gasteiger charge is -2.09. The van der Waals surface area contributed by atoms with Gasteiger partial charge in [-0.15, -0.1) is 0 Å². The minimum absolute atomic E-state index is 0.0697. The molecule has 1 aromatic heterocycles. The van der Waals surface area contributed by atoms with Crippen LogP contribution in [0, 0.1) is 12.7 Å². The number of hydrogen-bond acceptors (Lipinski definition) is 5. The average molecular weight is 295 g/mol. The number of benzene rings is 1. The van der Waals surface area contributed by atoms with Gasteiger partial charge in [-0.05, 0) is 31.2 Å². The summed E-state index contributed by atoms with van der Waals surface area (Å²) in [6.07, 6.45) is 2.69. The van der Waals surface area contributed by atoms with Crippen LogP contribution in [0.1, 0.15) is 11.5 Å². The van der Waals surface area contributed by atoms with Crippen molar-refractivity contribution in [2.24, 2.45) is 0 Å². The lowest BCUT2D eigenvalue weighted by molar-refractivity contribution is 0.600. The Labute approximate surface area is 116 Å². The van der Waals surface area contributed by atoms with Gasteiger partial charge in [-0.2, -0.15) is 0 Å². The van der Waals surface area contributed by atoms with Crippen molar-refractivity contribution >= 4 is 15.5 Å². The van der Waals surface area contributed by atoms with E-state index < -0.39 is 15.7 Å². The number of sulfone groups is 1. The molecule has 0 unspecified atom stereocenters. The molecule has 0 aliphatic rings. The molecular weight excluding hydrogens is 281 g/mol. The van der Waals surface area contributed by atoms with E-state index in [1.54, 1.807) is 19.2 Å². The molecule has 2 rings (SSSR count). The Morgan fingerprint density at radius 3 is 2.70 bits per heavy atom. The number of hydrogen-bond donors (Lipinski definition) is 1. The molecule has 20 heavy (non-hydrogen) atoms. The SMILES string of the molecule is Cc1nccc(CNc2cc(S(C)(=O)=O)ccc2F)n1. The van der Waals surface area contributed by atoms with Gasteiger partial charge in [0.1, 0.15) is 11.6 Å². The second-order valence-electron chi connectivity index (χ2n) is 4.36. The molecule has 0 saturated heterocycles. The Balaban J connectivity index is 2.21. The molecule has 0 bridgehead atoms. The average Bonchev–Trinajstić information content (AvgIpc) is 2.36. The highest BCUT2D eigenvalue weighted by Crippen LogP contribution is 2.20. The van der Waals surface area contributed by atoms with Crippen LogP contribution in [0.4, 0.5) is 10.1 Å². The first-order chi connectivity index (χ1) is 9.36. The predicted molar refractivity (Wildman–Crippen MR) is 73.6 cm³/mol. The summed E-state index contributed by atoms with van der Waals surface area (Å²) in [6.45, 7) is 2.04. The maximum absolute atomic E-state index is 13.6. The maximum atomic E-state index is 13.6. The molecule has 106 valence electrons. The molecule has 1 aromatic carbocycles. The number of nitrogens with zero attached hydrogens (tertiary/aromatic N) is 2. The van der Waals surface area contributed by atoms with E-state index in [-0.39, 0.29) is 17.1 Å². The van der Waals surface area contributed by atoms with Gasteiger partial charge < -0.3 is 5.32 Å². The zero-order valence-corrected chi connectivity index (χ0v) is 11.9. The monoisotopic (exact) mass is 295 g/mol. The number of halogens is 1. The van der Waals surface area contributed by atoms with Crippen LogP contribution >= 0.6 is 0 Å². The fraction of sp³-hybridized carbons (Fsp3) is 0.231. The molecule has 2 aromatic rings. The molecule has 0 amide bonds.